The van der Waals surface area contributed by atoms with Crippen molar-refractivity contribution in [3.8, 4) is 5.75 Å². The number of carbonyl (C=O) groups is 2. The van der Waals surface area contributed by atoms with E-state index in [4.69, 9.17) is 27.9 Å². The predicted molar refractivity (Wildman–Crippen MR) is 168 cm³/mol. The third kappa shape index (κ3) is 8.61. The van der Waals surface area contributed by atoms with E-state index in [9.17, 15) is 22.4 Å². The van der Waals surface area contributed by atoms with Crippen LogP contribution in [-0.4, -0.2) is 50.4 Å². The smallest absolute Gasteiger partial charge is 0.264 e. The standard InChI is InChI=1S/C31H36Cl2FN3O5S/c1-5-21(4)35-31(39)29(6-2)36(19-26-27(32)9-8-10-28(26)33)30(38)20-37(23-13-15-24(16-14-23)42-7-3)43(40,41)25-17-11-22(34)12-18-25/h8-18,21,29H,5-7,19-20H2,1-4H3,(H,35,39)/t21-,29-/m0/s1. The van der Waals surface area contributed by atoms with E-state index in [1.165, 1.54) is 17.0 Å². The number of ether oxygens (including phenoxy) is 1. The minimum Gasteiger partial charge on any atom is -0.494 e. The summed E-state index contributed by atoms with van der Waals surface area (Å²) < 4.78 is 47.9. The fourth-order valence-corrected chi connectivity index (χ4v) is 6.28. The molecule has 0 unspecified atom stereocenters. The minimum atomic E-state index is -4.36. The van der Waals surface area contributed by atoms with Crippen molar-refractivity contribution in [2.75, 3.05) is 17.5 Å². The summed E-state index contributed by atoms with van der Waals surface area (Å²) in [4.78, 5) is 28.7. The Morgan fingerprint density at radius 1 is 0.930 bits per heavy atom. The number of rotatable bonds is 14. The van der Waals surface area contributed by atoms with Gasteiger partial charge >= 0.3 is 0 Å². The number of halogens is 3. The number of sulfonamides is 1. The lowest BCUT2D eigenvalue weighted by molar-refractivity contribution is -0.140. The van der Waals surface area contributed by atoms with Gasteiger partial charge in [0.15, 0.2) is 0 Å². The lowest BCUT2D eigenvalue weighted by atomic mass is 10.1. The van der Waals surface area contributed by atoms with E-state index in [1.807, 2.05) is 20.8 Å². The van der Waals surface area contributed by atoms with E-state index in [2.05, 4.69) is 5.32 Å². The summed E-state index contributed by atoms with van der Waals surface area (Å²) >= 11 is 12.9. The minimum absolute atomic E-state index is 0.141. The van der Waals surface area contributed by atoms with Crippen LogP contribution in [0, 0.1) is 5.82 Å². The van der Waals surface area contributed by atoms with Gasteiger partial charge in [-0.25, -0.2) is 12.8 Å². The molecule has 12 heteroatoms. The second-order valence-corrected chi connectivity index (χ2v) is 12.5. The maximum absolute atomic E-state index is 14.2. The summed E-state index contributed by atoms with van der Waals surface area (Å²) in [5.74, 6) is -1.15. The molecule has 0 spiro atoms. The van der Waals surface area contributed by atoms with E-state index in [1.54, 1.807) is 37.3 Å². The molecular weight excluding hydrogens is 616 g/mol. The molecular formula is C31H36Cl2FN3O5S. The third-order valence-corrected chi connectivity index (χ3v) is 9.39. The molecule has 0 aliphatic heterocycles. The summed E-state index contributed by atoms with van der Waals surface area (Å²) in [7, 11) is -4.36. The van der Waals surface area contributed by atoms with Crippen LogP contribution in [0.15, 0.2) is 71.6 Å². The molecule has 0 saturated heterocycles. The van der Waals surface area contributed by atoms with Crippen molar-refractivity contribution in [1.82, 2.24) is 10.2 Å². The predicted octanol–water partition coefficient (Wildman–Crippen LogP) is 6.45. The molecule has 0 aliphatic carbocycles. The highest BCUT2D eigenvalue weighted by atomic mass is 35.5. The second kappa shape index (κ2) is 15.4. The van der Waals surface area contributed by atoms with E-state index >= 15 is 0 Å². The van der Waals surface area contributed by atoms with Gasteiger partial charge in [0, 0.05) is 28.2 Å². The monoisotopic (exact) mass is 651 g/mol. The van der Waals surface area contributed by atoms with Gasteiger partial charge < -0.3 is 15.0 Å². The van der Waals surface area contributed by atoms with Crippen LogP contribution in [-0.2, 0) is 26.2 Å². The van der Waals surface area contributed by atoms with Crippen molar-refractivity contribution in [3.63, 3.8) is 0 Å². The van der Waals surface area contributed by atoms with Gasteiger partial charge in [0.25, 0.3) is 10.0 Å². The van der Waals surface area contributed by atoms with Crippen molar-refractivity contribution in [1.29, 1.82) is 0 Å². The van der Waals surface area contributed by atoms with Crippen LogP contribution >= 0.6 is 23.2 Å². The molecule has 3 rings (SSSR count). The molecule has 0 bridgehead atoms. The van der Waals surface area contributed by atoms with Crippen molar-refractivity contribution in [2.45, 2.75) is 64.1 Å². The normalized spacial score (nSPS) is 12.7. The first kappa shape index (κ1) is 34.2. The lowest BCUT2D eigenvalue weighted by Gasteiger charge is -2.34. The number of hydrogen-bond donors (Lipinski definition) is 1. The molecule has 232 valence electrons. The average Bonchev–Trinajstić information content (AvgIpc) is 2.97. The topological polar surface area (TPSA) is 96.0 Å². The van der Waals surface area contributed by atoms with E-state index in [0.29, 0.717) is 34.4 Å². The van der Waals surface area contributed by atoms with Crippen LogP contribution in [0.2, 0.25) is 10.0 Å². The number of nitrogens with one attached hydrogen (secondary N) is 1. The molecule has 43 heavy (non-hydrogen) atoms. The van der Waals surface area contributed by atoms with Gasteiger partial charge in [0.1, 0.15) is 24.2 Å². The maximum Gasteiger partial charge on any atom is 0.264 e. The number of hydrogen-bond acceptors (Lipinski definition) is 5. The van der Waals surface area contributed by atoms with Gasteiger partial charge in [0.2, 0.25) is 11.8 Å². The summed E-state index contributed by atoms with van der Waals surface area (Å²) in [6.45, 7) is 6.96. The zero-order chi connectivity index (χ0) is 31.7. The molecule has 0 saturated carbocycles. The van der Waals surface area contributed by atoms with Gasteiger partial charge in [-0.2, -0.15) is 0 Å². The lowest BCUT2D eigenvalue weighted by Crippen LogP contribution is -2.53. The Balaban J connectivity index is 2.10. The van der Waals surface area contributed by atoms with Crippen molar-refractivity contribution in [3.05, 3.63) is 88.2 Å². The average molecular weight is 653 g/mol. The fraction of sp³-hybridized carbons (Fsp3) is 0.355. The molecule has 0 aliphatic rings. The number of amides is 2. The molecule has 2 amide bonds. The Morgan fingerprint density at radius 2 is 1.53 bits per heavy atom. The Labute approximate surface area is 262 Å². The first-order valence-corrected chi connectivity index (χ1v) is 16.2. The Morgan fingerprint density at radius 3 is 2.07 bits per heavy atom. The van der Waals surface area contributed by atoms with Crippen LogP contribution < -0.4 is 14.4 Å². The molecule has 0 heterocycles. The fourth-order valence-electron chi connectivity index (χ4n) is 4.35. The molecule has 3 aromatic carbocycles. The van der Waals surface area contributed by atoms with E-state index in [-0.39, 0.29) is 35.5 Å². The van der Waals surface area contributed by atoms with Gasteiger partial charge in [0.05, 0.1) is 17.2 Å². The van der Waals surface area contributed by atoms with Gasteiger partial charge in [-0.1, -0.05) is 43.1 Å². The second-order valence-electron chi connectivity index (χ2n) is 9.86. The first-order valence-electron chi connectivity index (χ1n) is 14.0. The highest BCUT2D eigenvalue weighted by Crippen LogP contribution is 2.29. The zero-order valence-corrected chi connectivity index (χ0v) is 26.8. The molecule has 8 nitrogen and oxygen atoms in total. The molecule has 2 atom stereocenters. The quantitative estimate of drug-likeness (QED) is 0.216. The summed E-state index contributed by atoms with van der Waals surface area (Å²) in [6.07, 6.45) is 0.914. The first-order chi connectivity index (χ1) is 20.4. The van der Waals surface area contributed by atoms with Crippen LogP contribution in [0.5, 0.6) is 5.75 Å². The third-order valence-electron chi connectivity index (χ3n) is 6.89. The van der Waals surface area contributed by atoms with Gasteiger partial charge in [-0.15, -0.1) is 0 Å². The number of anilines is 1. The highest BCUT2D eigenvalue weighted by molar-refractivity contribution is 7.92. The number of carbonyl (C=O) groups excluding carboxylic acids is 2. The molecule has 0 fully saturated rings. The van der Waals surface area contributed by atoms with Crippen LogP contribution in [0.4, 0.5) is 10.1 Å². The van der Waals surface area contributed by atoms with Crippen LogP contribution in [0.25, 0.3) is 0 Å². The summed E-state index contributed by atoms with van der Waals surface area (Å²) in [5.41, 5.74) is 0.594. The summed E-state index contributed by atoms with van der Waals surface area (Å²) in [5, 5.41) is 3.51. The Bertz CT molecular complexity index is 1480. The molecule has 0 aromatic heterocycles. The SMILES string of the molecule is CCOc1ccc(N(CC(=O)N(Cc2c(Cl)cccc2Cl)[C@@H](CC)C(=O)N[C@@H](C)CC)S(=O)(=O)c2ccc(F)cc2)cc1. The van der Waals surface area contributed by atoms with Gasteiger partial charge in [-0.3, -0.25) is 13.9 Å². The Hall–Kier alpha value is -3.34. The zero-order valence-electron chi connectivity index (χ0n) is 24.5. The summed E-state index contributed by atoms with van der Waals surface area (Å²) in [6, 6.07) is 14.3. The van der Waals surface area contributed by atoms with Crippen LogP contribution in [0.1, 0.15) is 46.1 Å². The number of benzene rings is 3. The largest absolute Gasteiger partial charge is 0.494 e. The molecule has 3 aromatic rings. The van der Waals surface area contributed by atoms with Crippen molar-refractivity contribution >= 4 is 50.7 Å². The molecule has 0 radical (unpaired) electrons. The van der Waals surface area contributed by atoms with Crippen molar-refractivity contribution < 1.29 is 27.1 Å². The van der Waals surface area contributed by atoms with Crippen molar-refractivity contribution in [2.24, 2.45) is 0 Å². The Kier molecular flexibility index (Phi) is 12.2. The molecule has 1 N–H and O–H groups in total. The number of nitrogens with zero attached hydrogens (tertiary/aromatic N) is 2. The highest BCUT2D eigenvalue weighted by Gasteiger charge is 2.34. The maximum atomic E-state index is 14.2. The van der Waals surface area contributed by atoms with Crippen LogP contribution in [0.3, 0.4) is 0 Å². The van der Waals surface area contributed by atoms with Gasteiger partial charge in [-0.05, 0) is 87.4 Å². The van der Waals surface area contributed by atoms with E-state index in [0.717, 1.165) is 28.6 Å². The van der Waals surface area contributed by atoms with E-state index < -0.39 is 34.3 Å².